The van der Waals surface area contributed by atoms with E-state index in [4.69, 9.17) is 4.74 Å². The molecule has 1 aromatic carbocycles. The van der Waals surface area contributed by atoms with Crippen molar-refractivity contribution in [1.29, 1.82) is 0 Å². The number of amides is 2. The molecule has 1 fully saturated rings. The molecule has 24 heavy (non-hydrogen) atoms. The van der Waals surface area contributed by atoms with Crippen LogP contribution in [-0.2, 0) is 9.53 Å². The number of ether oxygens (including phenoxy) is 1. The monoisotopic (exact) mass is 326 g/mol. The van der Waals surface area contributed by atoms with Crippen LogP contribution in [0.2, 0.25) is 0 Å². The number of cyclic esters (lactones) is 1. The molecule has 0 radical (unpaired) electrons. The second-order valence-corrected chi connectivity index (χ2v) is 5.65. The van der Waals surface area contributed by atoms with Crippen LogP contribution in [0, 0.1) is 6.92 Å². The van der Waals surface area contributed by atoms with E-state index < -0.39 is 0 Å². The lowest BCUT2D eigenvalue weighted by Crippen LogP contribution is -2.24. The van der Waals surface area contributed by atoms with E-state index in [0.717, 1.165) is 16.8 Å². The predicted octanol–water partition coefficient (Wildman–Crippen LogP) is 2.48. The van der Waals surface area contributed by atoms with Crippen LogP contribution < -0.4 is 10.2 Å². The number of carbonyl (C=O) groups excluding carboxylic acids is 2. The average molecular weight is 326 g/mol. The fourth-order valence-electron chi connectivity index (χ4n) is 2.53. The summed E-state index contributed by atoms with van der Waals surface area (Å²) in [6, 6.07) is 5.47. The molecule has 2 heterocycles. The molecule has 1 saturated heterocycles. The number of carbonyl (C=O) groups is 2. The lowest BCUT2D eigenvalue weighted by molar-refractivity contribution is -0.117. The van der Waals surface area contributed by atoms with E-state index in [-0.39, 0.29) is 17.9 Å². The molecule has 2 aromatic rings. The van der Waals surface area contributed by atoms with Gasteiger partial charge < -0.3 is 10.1 Å². The topological polar surface area (TPSA) is 84.4 Å². The molecule has 3 rings (SSSR count). The molecule has 0 bridgehead atoms. The van der Waals surface area contributed by atoms with Crippen molar-refractivity contribution >= 4 is 23.4 Å². The number of nitrogens with one attached hydrogen (secondary N) is 1. The lowest BCUT2D eigenvalue weighted by atomic mass is 10.0. The average Bonchev–Trinajstić information content (AvgIpc) is 3.02. The number of hydrogen-bond donors (Lipinski definition) is 1. The van der Waals surface area contributed by atoms with Crippen molar-refractivity contribution in [1.82, 2.24) is 9.97 Å². The number of aromatic nitrogens is 2. The third kappa shape index (κ3) is 3.19. The van der Waals surface area contributed by atoms with Crippen LogP contribution in [0.3, 0.4) is 0 Å². The number of aryl methyl sites for hydroxylation is 1. The van der Waals surface area contributed by atoms with Gasteiger partial charge in [0.1, 0.15) is 12.9 Å². The van der Waals surface area contributed by atoms with Gasteiger partial charge in [0.05, 0.1) is 18.2 Å². The third-order valence-electron chi connectivity index (χ3n) is 4.00. The number of anilines is 2. The molecular weight excluding hydrogens is 308 g/mol. The van der Waals surface area contributed by atoms with E-state index in [0.29, 0.717) is 18.8 Å². The molecule has 1 aliphatic heterocycles. The minimum absolute atomic E-state index is 0.163. The van der Waals surface area contributed by atoms with Gasteiger partial charge >= 0.3 is 6.09 Å². The Labute approximate surface area is 139 Å². The minimum Gasteiger partial charge on any atom is -0.447 e. The first-order chi connectivity index (χ1) is 11.6. The van der Waals surface area contributed by atoms with Crippen LogP contribution in [-0.4, -0.2) is 35.1 Å². The van der Waals surface area contributed by atoms with Gasteiger partial charge in [-0.1, -0.05) is 6.07 Å². The maximum Gasteiger partial charge on any atom is 0.414 e. The second kappa shape index (κ2) is 6.66. The van der Waals surface area contributed by atoms with Crippen LogP contribution in [0.5, 0.6) is 0 Å². The highest BCUT2D eigenvalue weighted by molar-refractivity contribution is 5.97. The van der Waals surface area contributed by atoms with Crippen molar-refractivity contribution < 1.29 is 14.3 Å². The summed E-state index contributed by atoms with van der Waals surface area (Å²) in [7, 11) is 0. The summed E-state index contributed by atoms with van der Waals surface area (Å²) in [5.41, 5.74) is 3.05. The summed E-state index contributed by atoms with van der Waals surface area (Å²) in [5, 5.41) is 2.87. The summed E-state index contributed by atoms with van der Waals surface area (Å²) in [6.45, 7) is 4.59. The maximum absolute atomic E-state index is 12.4. The van der Waals surface area contributed by atoms with Gasteiger partial charge in [-0.3, -0.25) is 9.69 Å². The minimum atomic E-state index is -0.382. The Balaban J connectivity index is 1.78. The fraction of sp³-hybridized carbons (Fsp3) is 0.294. The summed E-state index contributed by atoms with van der Waals surface area (Å²) >= 11 is 0. The van der Waals surface area contributed by atoms with Gasteiger partial charge in [0, 0.05) is 23.6 Å². The Kier molecular flexibility index (Phi) is 4.41. The zero-order valence-corrected chi connectivity index (χ0v) is 13.5. The zero-order chi connectivity index (χ0) is 17.1. The van der Waals surface area contributed by atoms with Crippen molar-refractivity contribution in [2.45, 2.75) is 19.8 Å². The lowest BCUT2D eigenvalue weighted by Gasteiger charge is -2.18. The van der Waals surface area contributed by atoms with Crippen LogP contribution >= 0.6 is 0 Å². The largest absolute Gasteiger partial charge is 0.447 e. The van der Waals surface area contributed by atoms with E-state index in [1.807, 2.05) is 19.1 Å². The van der Waals surface area contributed by atoms with Gasteiger partial charge in [0.2, 0.25) is 5.91 Å². The normalized spacial score (nSPS) is 15.1. The Morgan fingerprint density at radius 3 is 2.75 bits per heavy atom. The molecule has 1 aromatic heterocycles. The Hall–Kier alpha value is -2.96. The molecule has 7 nitrogen and oxygen atoms in total. The first-order valence-electron chi connectivity index (χ1n) is 7.67. The van der Waals surface area contributed by atoms with Crippen molar-refractivity contribution in [3.63, 3.8) is 0 Å². The highest BCUT2D eigenvalue weighted by Crippen LogP contribution is 2.27. The number of rotatable bonds is 4. The molecule has 1 atom stereocenters. The summed E-state index contributed by atoms with van der Waals surface area (Å²) in [5.74, 6) is -0.545. The second-order valence-electron chi connectivity index (χ2n) is 5.65. The van der Waals surface area contributed by atoms with Crippen LogP contribution in [0.25, 0.3) is 0 Å². The molecule has 0 unspecified atom stereocenters. The number of benzene rings is 1. The summed E-state index contributed by atoms with van der Waals surface area (Å²) < 4.78 is 4.98. The van der Waals surface area contributed by atoms with E-state index in [1.54, 1.807) is 30.3 Å². The highest BCUT2D eigenvalue weighted by atomic mass is 16.6. The van der Waals surface area contributed by atoms with Crippen LogP contribution in [0.1, 0.15) is 24.0 Å². The quantitative estimate of drug-likeness (QED) is 0.933. The molecule has 0 aliphatic carbocycles. The first-order valence-corrected chi connectivity index (χ1v) is 7.67. The fourth-order valence-corrected chi connectivity index (χ4v) is 2.53. The van der Waals surface area contributed by atoms with E-state index >= 15 is 0 Å². The van der Waals surface area contributed by atoms with Gasteiger partial charge in [-0.2, -0.15) is 0 Å². The molecule has 0 saturated carbocycles. The molecule has 7 heteroatoms. The molecule has 0 spiro atoms. The smallest absolute Gasteiger partial charge is 0.414 e. The molecule has 124 valence electrons. The first kappa shape index (κ1) is 15.9. The van der Waals surface area contributed by atoms with E-state index in [9.17, 15) is 9.59 Å². The van der Waals surface area contributed by atoms with Crippen molar-refractivity contribution in [3.8, 4) is 0 Å². The predicted molar refractivity (Wildman–Crippen MR) is 88.9 cm³/mol. The third-order valence-corrected chi connectivity index (χ3v) is 4.00. The Morgan fingerprint density at radius 2 is 2.08 bits per heavy atom. The van der Waals surface area contributed by atoms with Crippen LogP contribution in [0.15, 0.2) is 36.9 Å². The van der Waals surface area contributed by atoms with Gasteiger partial charge in [0.15, 0.2) is 0 Å². The number of nitrogens with zero attached hydrogens (tertiary/aromatic N) is 3. The summed E-state index contributed by atoms with van der Waals surface area (Å²) in [6.07, 6.45) is 4.31. The Morgan fingerprint density at radius 1 is 1.33 bits per heavy atom. The molecule has 2 amide bonds. The highest BCUT2D eigenvalue weighted by Gasteiger charge is 2.25. The number of hydrogen-bond acceptors (Lipinski definition) is 5. The van der Waals surface area contributed by atoms with E-state index in [1.165, 1.54) is 6.33 Å². The van der Waals surface area contributed by atoms with Crippen molar-refractivity contribution in [3.05, 3.63) is 48.0 Å². The molecular formula is C17H18N4O3. The maximum atomic E-state index is 12.4. The Bertz CT molecular complexity index is 764. The van der Waals surface area contributed by atoms with Gasteiger partial charge in [-0.05, 0) is 31.5 Å². The standard InChI is InChI=1S/C17H18N4O3/c1-11-3-4-14(7-15(11)21-5-6-24-17(21)23)20-16(22)12(2)13-8-18-10-19-9-13/h3-4,7-10,12H,5-6H2,1-2H3,(H,20,22)/t12-/m0/s1. The summed E-state index contributed by atoms with van der Waals surface area (Å²) in [4.78, 5) is 33.6. The van der Waals surface area contributed by atoms with Gasteiger partial charge in [-0.15, -0.1) is 0 Å². The zero-order valence-electron chi connectivity index (χ0n) is 13.5. The SMILES string of the molecule is Cc1ccc(NC(=O)[C@@H](C)c2cncnc2)cc1N1CCOC1=O. The molecule has 1 N–H and O–H groups in total. The van der Waals surface area contributed by atoms with Crippen molar-refractivity contribution in [2.24, 2.45) is 0 Å². The van der Waals surface area contributed by atoms with Crippen LogP contribution in [0.4, 0.5) is 16.2 Å². The molecule has 1 aliphatic rings. The van der Waals surface area contributed by atoms with Crippen molar-refractivity contribution in [2.75, 3.05) is 23.4 Å². The van der Waals surface area contributed by atoms with E-state index in [2.05, 4.69) is 15.3 Å². The van der Waals surface area contributed by atoms with Gasteiger partial charge in [0.25, 0.3) is 0 Å². The van der Waals surface area contributed by atoms with Gasteiger partial charge in [-0.25, -0.2) is 14.8 Å².